The van der Waals surface area contributed by atoms with Gasteiger partial charge in [0.15, 0.2) is 0 Å². The van der Waals surface area contributed by atoms with Crippen molar-refractivity contribution < 1.29 is 28.2 Å². The molecular weight excluding hydrogens is 414 g/mol. The zero-order valence-electron chi connectivity index (χ0n) is 15.2. The molecule has 2 rings (SSSR count). The Hall–Kier alpha value is -1.74. The van der Waals surface area contributed by atoms with Gasteiger partial charge in [-0.1, -0.05) is 15.9 Å². The molecule has 1 heterocycles. The summed E-state index contributed by atoms with van der Waals surface area (Å²) in [6, 6.07) is 2.10. The lowest BCUT2D eigenvalue weighted by molar-refractivity contribution is 0.0139. The second-order valence-corrected chi connectivity index (χ2v) is 7.42. The van der Waals surface area contributed by atoms with Crippen LogP contribution in [0.3, 0.4) is 0 Å². The fraction of sp³-hybridized carbons (Fsp3) is 0.529. The number of hydrogen-bond acceptors (Lipinski definition) is 4. The first kappa shape index (κ1) is 22.3. The Morgan fingerprint density at radius 2 is 1.46 bits per heavy atom. The normalized spacial score (nSPS) is 14.5. The number of carbonyl (C=O) groups excluding carboxylic acids is 2. The second-order valence-electron chi connectivity index (χ2n) is 6.50. The van der Waals surface area contributed by atoms with Crippen molar-refractivity contribution in [1.82, 2.24) is 9.80 Å². The first-order valence-electron chi connectivity index (χ1n) is 7.95. The highest BCUT2D eigenvalue weighted by atomic mass is 79.9. The van der Waals surface area contributed by atoms with Gasteiger partial charge in [0.1, 0.15) is 22.8 Å². The van der Waals surface area contributed by atoms with Crippen LogP contribution < -0.4 is 0 Å². The molecule has 2 amide bonds. The lowest BCUT2D eigenvalue weighted by atomic mass is 10.1. The lowest BCUT2D eigenvalue weighted by Crippen LogP contribution is -2.51. The fourth-order valence-corrected chi connectivity index (χ4v) is 2.73. The quantitative estimate of drug-likeness (QED) is 0.734. The molecule has 26 heavy (non-hydrogen) atoms. The molecule has 0 atom stereocenters. The van der Waals surface area contributed by atoms with Crippen molar-refractivity contribution >= 4 is 27.9 Å². The Bertz CT molecular complexity index is 634. The molecule has 1 N–H and O–H groups in total. The van der Waals surface area contributed by atoms with E-state index in [4.69, 9.17) is 9.84 Å². The van der Waals surface area contributed by atoms with Gasteiger partial charge in [-0.25, -0.2) is 13.6 Å². The number of piperazine rings is 1. The topological polar surface area (TPSA) is 70.1 Å². The summed E-state index contributed by atoms with van der Waals surface area (Å²) in [5.41, 5.74) is -1.18. The minimum Gasteiger partial charge on any atom is -0.444 e. The molecule has 6 nitrogen and oxygen atoms in total. The molecule has 0 spiro atoms. The largest absolute Gasteiger partial charge is 0.444 e. The highest BCUT2D eigenvalue weighted by Crippen LogP contribution is 2.21. The summed E-state index contributed by atoms with van der Waals surface area (Å²) >= 11 is 2.98. The van der Waals surface area contributed by atoms with Gasteiger partial charge in [0.25, 0.3) is 5.91 Å². The van der Waals surface area contributed by atoms with Crippen molar-refractivity contribution in [2.75, 3.05) is 33.3 Å². The zero-order chi connectivity index (χ0) is 20.1. The van der Waals surface area contributed by atoms with Crippen LogP contribution in [0.1, 0.15) is 31.1 Å². The van der Waals surface area contributed by atoms with Gasteiger partial charge < -0.3 is 19.6 Å². The van der Waals surface area contributed by atoms with Crippen LogP contribution >= 0.6 is 15.9 Å². The van der Waals surface area contributed by atoms with Crippen LogP contribution in [0.5, 0.6) is 0 Å². The van der Waals surface area contributed by atoms with Crippen LogP contribution in [0.25, 0.3) is 0 Å². The van der Waals surface area contributed by atoms with Gasteiger partial charge in [-0.15, -0.1) is 0 Å². The summed E-state index contributed by atoms with van der Waals surface area (Å²) in [6.45, 7) is 6.18. The molecule has 1 fully saturated rings. The molecule has 0 radical (unpaired) electrons. The van der Waals surface area contributed by atoms with E-state index in [0.717, 1.165) is 19.2 Å². The molecule has 146 valence electrons. The van der Waals surface area contributed by atoms with E-state index in [2.05, 4.69) is 15.9 Å². The number of rotatable bonds is 1. The standard InChI is InChI=1S/C16H19BrF2N2O3.CH4O/c1-16(2,3)24-15(23)21-6-4-20(5-7-21)14(22)13-11(18)8-10(17)9-12(13)19;1-2/h8-9H,4-7H2,1-3H3;2H,1H3. The maximum Gasteiger partial charge on any atom is 0.410 e. The Morgan fingerprint density at radius 1 is 1.04 bits per heavy atom. The van der Waals surface area contributed by atoms with Gasteiger partial charge in [-0.3, -0.25) is 4.79 Å². The van der Waals surface area contributed by atoms with Crippen molar-refractivity contribution in [3.63, 3.8) is 0 Å². The number of halogens is 3. The van der Waals surface area contributed by atoms with Gasteiger partial charge in [-0.05, 0) is 32.9 Å². The maximum atomic E-state index is 13.9. The SMILES string of the molecule is CC(C)(C)OC(=O)N1CCN(C(=O)c2c(F)cc(Br)cc2F)CC1.CO. The number of carbonyl (C=O) groups is 2. The summed E-state index contributed by atoms with van der Waals surface area (Å²) in [6.07, 6.45) is -0.462. The minimum atomic E-state index is -0.915. The number of aliphatic hydroxyl groups is 1. The number of aliphatic hydroxyl groups excluding tert-OH is 1. The number of hydrogen-bond donors (Lipinski definition) is 1. The zero-order valence-corrected chi connectivity index (χ0v) is 16.8. The molecular formula is C17H23BrF2N2O4. The van der Waals surface area contributed by atoms with Crippen LogP contribution in [0.2, 0.25) is 0 Å². The monoisotopic (exact) mass is 436 g/mol. The average Bonchev–Trinajstić information content (AvgIpc) is 2.54. The maximum absolute atomic E-state index is 13.9. The van der Waals surface area contributed by atoms with Gasteiger partial charge >= 0.3 is 6.09 Å². The molecule has 1 saturated heterocycles. The third-order valence-corrected chi connectivity index (χ3v) is 3.90. The smallest absolute Gasteiger partial charge is 0.410 e. The molecule has 0 bridgehead atoms. The Balaban J connectivity index is 0.00000163. The third kappa shape index (κ3) is 5.91. The Morgan fingerprint density at radius 3 is 1.88 bits per heavy atom. The number of benzene rings is 1. The van der Waals surface area contributed by atoms with Gasteiger partial charge in [0.05, 0.1) is 0 Å². The summed E-state index contributed by atoms with van der Waals surface area (Å²) in [5.74, 6) is -2.55. The molecule has 1 aromatic carbocycles. The Kier molecular flexibility index (Phi) is 7.95. The number of nitrogens with zero attached hydrogens (tertiary/aromatic N) is 2. The van der Waals surface area contributed by atoms with Gasteiger partial charge in [0, 0.05) is 37.8 Å². The fourth-order valence-electron chi connectivity index (χ4n) is 2.32. The summed E-state index contributed by atoms with van der Waals surface area (Å²) in [5, 5.41) is 7.00. The van der Waals surface area contributed by atoms with Gasteiger partial charge in [-0.2, -0.15) is 0 Å². The van der Waals surface area contributed by atoms with E-state index in [-0.39, 0.29) is 30.7 Å². The predicted octanol–water partition coefficient (Wildman–Crippen LogP) is 3.03. The highest BCUT2D eigenvalue weighted by molar-refractivity contribution is 9.10. The van der Waals surface area contributed by atoms with Crippen molar-refractivity contribution in [2.45, 2.75) is 26.4 Å². The van der Waals surface area contributed by atoms with Crippen LogP contribution in [0, 0.1) is 11.6 Å². The molecule has 0 unspecified atom stereocenters. The van der Waals surface area contributed by atoms with Crippen LogP contribution in [0.15, 0.2) is 16.6 Å². The minimum absolute atomic E-state index is 0.188. The van der Waals surface area contributed by atoms with E-state index in [1.807, 2.05) is 0 Å². The van der Waals surface area contributed by atoms with Crippen LogP contribution in [0.4, 0.5) is 13.6 Å². The van der Waals surface area contributed by atoms with E-state index in [0.29, 0.717) is 0 Å². The number of ether oxygens (including phenoxy) is 1. The van der Waals surface area contributed by atoms with Crippen molar-refractivity contribution in [1.29, 1.82) is 0 Å². The van der Waals surface area contributed by atoms with Gasteiger partial charge in [0.2, 0.25) is 0 Å². The summed E-state index contributed by atoms with van der Waals surface area (Å²) in [7, 11) is 1.00. The predicted molar refractivity (Wildman–Crippen MR) is 95.9 cm³/mol. The molecule has 0 aliphatic carbocycles. The van der Waals surface area contributed by atoms with Crippen molar-refractivity contribution in [3.05, 3.63) is 33.8 Å². The molecule has 1 aliphatic rings. The van der Waals surface area contributed by atoms with Crippen LogP contribution in [-0.4, -0.2) is 65.8 Å². The second kappa shape index (κ2) is 9.27. The summed E-state index contributed by atoms with van der Waals surface area (Å²) < 4.78 is 33.3. The highest BCUT2D eigenvalue weighted by Gasteiger charge is 2.30. The van der Waals surface area contributed by atoms with E-state index in [1.54, 1.807) is 20.8 Å². The van der Waals surface area contributed by atoms with E-state index < -0.39 is 34.8 Å². The van der Waals surface area contributed by atoms with E-state index in [1.165, 1.54) is 9.80 Å². The first-order chi connectivity index (χ1) is 12.1. The molecule has 1 aromatic rings. The third-order valence-electron chi connectivity index (χ3n) is 3.44. The lowest BCUT2D eigenvalue weighted by Gasteiger charge is -2.35. The Labute approximate surface area is 159 Å². The van der Waals surface area contributed by atoms with E-state index >= 15 is 0 Å². The van der Waals surface area contributed by atoms with Crippen molar-refractivity contribution in [3.8, 4) is 0 Å². The molecule has 1 aliphatic heterocycles. The molecule has 0 aromatic heterocycles. The first-order valence-corrected chi connectivity index (χ1v) is 8.74. The molecule has 0 saturated carbocycles. The van der Waals surface area contributed by atoms with Crippen LogP contribution in [-0.2, 0) is 4.74 Å². The summed E-state index contributed by atoms with van der Waals surface area (Å²) in [4.78, 5) is 27.1. The molecule has 9 heteroatoms. The average molecular weight is 437 g/mol. The number of amides is 2. The van der Waals surface area contributed by atoms with E-state index in [9.17, 15) is 18.4 Å². The van der Waals surface area contributed by atoms with Crippen molar-refractivity contribution in [2.24, 2.45) is 0 Å².